The van der Waals surface area contributed by atoms with E-state index in [4.69, 9.17) is 4.52 Å². The number of anilines is 1. The lowest BCUT2D eigenvalue weighted by molar-refractivity contribution is -0.117. The molecule has 1 aliphatic heterocycles. The number of nitrogens with one attached hydrogen (secondary N) is 1. The molecule has 0 aromatic carbocycles. The van der Waals surface area contributed by atoms with Gasteiger partial charge in [-0.1, -0.05) is 5.16 Å². The van der Waals surface area contributed by atoms with Gasteiger partial charge in [0.05, 0.1) is 12.2 Å². The van der Waals surface area contributed by atoms with Gasteiger partial charge in [-0.15, -0.1) is 0 Å². The highest BCUT2D eigenvalue weighted by Crippen LogP contribution is 2.20. The van der Waals surface area contributed by atoms with Crippen molar-refractivity contribution >= 4 is 11.8 Å². The van der Waals surface area contributed by atoms with Crippen molar-refractivity contribution in [1.29, 1.82) is 0 Å². The molecule has 3 heterocycles. The van der Waals surface area contributed by atoms with Crippen LogP contribution in [0.2, 0.25) is 0 Å². The van der Waals surface area contributed by atoms with E-state index in [1.54, 1.807) is 6.07 Å². The van der Waals surface area contributed by atoms with Crippen molar-refractivity contribution in [3.8, 4) is 0 Å². The van der Waals surface area contributed by atoms with E-state index >= 15 is 0 Å². The van der Waals surface area contributed by atoms with E-state index in [0.717, 1.165) is 37.4 Å². The fourth-order valence-corrected chi connectivity index (χ4v) is 3.12. The van der Waals surface area contributed by atoms with Gasteiger partial charge in [0, 0.05) is 38.5 Å². The Kier molecular flexibility index (Phi) is 4.76. The Bertz CT molecular complexity index is 663. The number of rotatable bonds is 5. The van der Waals surface area contributed by atoms with Gasteiger partial charge in [-0.2, -0.15) is 0 Å². The molecule has 1 amide bonds. The van der Waals surface area contributed by atoms with Crippen LogP contribution in [0.15, 0.2) is 23.0 Å². The fraction of sp³-hybridized carbons (Fsp3) is 0.562. The average Bonchev–Trinajstić information content (AvgIpc) is 3.08. The predicted molar refractivity (Wildman–Crippen MR) is 85.9 cm³/mol. The molecular formula is C16H23N5O2. The minimum Gasteiger partial charge on any atom is -0.338 e. The Labute approximate surface area is 135 Å². The van der Waals surface area contributed by atoms with Crippen molar-refractivity contribution in [1.82, 2.24) is 19.6 Å². The molecule has 0 bridgehead atoms. The van der Waals surface area contributed by atoms with E-state index in [1.165, 1.54) is 6.42 Å². The number of carbonyl (C=O) groups is 1. The summed E-state index contributed by atoms with van der Waals surface area (Å²) in [5.41, 5.74) is 0.758. The van der Waals surface area contributed by atoms with Crippen LogP contribution in [-0.2, 0) is 18.3 Å². The van der Waals surface area contributed by atoms with Crippen LogP contribution in [0.1, 0.15) is 24.4 Å². The lowest BCUT2D eigenvalue weighted by Gasteiger charge is -2.31. The Morgan fingerprint density at radius 1 is 1.52 bits per heavy atom. The van der Waals surface area contributed by atoms with Crippen LogP contribution in [0.4, 0.5) is 5.88 Å². The number of imidazole rings is 1. The molecule has 0 unspecified atom stereocenters. The van der Waals surface area contributed by atoms with Gasteiger partial charge in [-0.05, 0) is 32.2 Å². The summed E-state index contributed by atoms with van der Waals surface area (Å²) in [4.78, 5) is 18.7. The zero-order valence-electron chi connectivity index (χ0n) is 13.7. The molecule has 1 aliphatic rings. The standard InChI is InChI=1S/C16H23N5O2/c1-12-8-16(23-19-12)18-15(22)11-21-6-3-4-13(10-21)9-14-17-5-7-20(14)2/h5,7-8,13H,3-4,6,9-11H2,1-2H3,(H,18,22)/t13-/m1/s1. The third kappa shape index (κ3) is 4.19. The van der Waals surface area contributed by atoms with Gasteiger partial charge in [-0.3, -0.25) is 15.0 Å². The molecule has 3 rings (SSSR count). The first kappa shape index (κ1) is 15.7. The molecule has 0 radical (unpaired) electrons. The molecule has 7 heteroatoms. The summed E-state index contributed by atoms with van der Waals surface area (Å²) in [6.45, 7) is 4.10. The molecule has 23 heavy (non-hydrogen) atoms. The second kappa shape index (κ2) is 6.95. The van der Waals surface area contributed by atoms with Crippen LogP contribution in [0.5, 0.6) is 0 Å². The zero-order valence-corrected chi connectivity index (χ0v) is 13.7. The highest BCUT2D eigenvalue weighted by Gasteiger charge is 2.23. The first-order valence-electron chi connectivity index (χ1n) is 8.02. The van der Waals surface area contributed by atoms with Crippen molar-refractivity contribution < 1.29 is 9.32 Å². The Morgan fingerprint density at radius 3 is 3.09 bits per heavy atom. The minimum atomic E-state index is -0.0567. The summed E-state index contributed by atoms with van der Waals surface area (Å²) in [7, 11) is 2.02. The monoisotopic (exact) mass is 317 g/mol. The summed E-state index contributed by atoms with van der Waals surface area (Å²) < 4.78 is 7.08. The maximum absolute atomic E-state index is 12.1. The van der Waals surface area contributed by atoms with E-state index in [1.807, 2.05) is 26.4 Å². The number of amides is 1. The molecule has 2 aromatic heterocycles. The second-order valence-electron chi connectivity index (χ2n) is 6.28. The Hall–Kier alpha value is -2.15. The van der Waals surface area contributed by atoms with Crippen LogP contribution in [-0.4, -0.2) is 45.1 Å². The van der Waals surface area contributed by atoms with Crippen LogP contribution in [0.3, 0.4) is 0 Å². The Balaban J connectivity index is 1.50. The number of aryl methyl sites for hydroxylation is 2. The summed E-state index contributed by atoms with van der Waals surface area (Å²) in [5.74, 6) is 2.01. The van der Waals surface area contributed by atoms with E-state index in [9.17, 15) is 4.79 Å². The maximum Gasteiger partial charge on any atom is 0.240 e. The lowest BCUT2D eigenvalue weighted by Crippen LogP contribution is -2.41. The van der Waals surface area contributed by atoms with Crippen molar-refractivity contribution in [2.24, 2.45) is 13.0 Å². The van der Waals surface area contributed by atoms with E-state index < -0.39 is 0 Å². The SMILES string of the molecule is Cc1cc(NC(=O)CN2CCC[C@H](Cc3nccn3C)C2)on1. The highest BCUT2D eigenvalue weighted by atomic mass is 16.5. The Morgan fingerprint density at radius 2 is 2.39 bits per heavy atom. The molecule has 0 aliphatic carbocycles. The van der Waals surface area contributed by atoms with Gasteiger partial charge in [0.15, 0.2) is 0 Å². The highest BCUT2D eigenvalue weighted by molar-refractivity contribution is 5.90. The molecule has 1 atom stereocenters. The van der Waals surface area contributed by atoms with E-state index in [0.29, 0.717) is 18.3 Å². The number of hydrogen-bond donors (Lipinski definition) is 1. The molecule has 0 saturated carbocycles. The first-order chi connectivity index (χ1) is 11.1. The number of piperidine rings is 1. The van der Waals surface area contributed by atoms with Gasteiger partial charge in [0.25, 0.3) is 0 Å². The van der Waals surface area contributed by atoms with Crippen LogP contribution in [0, 0.1) is 12.8 Å². The molecule has 0 spiro atoms. The van der Waals surface area contributed by atoms with Crippen molar-refractivity contribution in [3.05, 3.63) is 30.0 Å². The zero-order chi connectivity index (χ0) is 16.2. The van der Waals surface area contributed by atoms with Crippen LogP contribution < -0.4 is 5.32 Å². The van der Waals surface area contributed by atoms with Gasteiger partial charge < -0.3 is 9.09 Å². The van der Waals surface area contributed by atoms with Crippen LogP contribution >= 0.6 is 0 Å². The number of hydrogen-bond acceptors (Lipinski definition) is 5. The predicted octanol–water partition coefficient (Wildman–Crippen LogP) is 1.61. The maximum atomic E-state index is 12.1. The van der Waals surface area contributed by atoms with Gasteiger partial charge in [0.2, 0.25) is 11.8 Å². The topological polar surface area (TPSA) is 76.2 Å². The summed E-state index contributed by atoms with van der Waals surface area (Å²) >= 11 is 0. The minimum absolute atomic E-state index is 0.0567. The fourth-order valence-electron chi connectivity index (χ4n) is 3.12. The third-order valence-corrected chi connectivity index (χ3v) is 4.25. The van der Waals surface area contributed by atoms with E-state index in [2.05, 4.69) is 24.9 Å². The number of aromatic nitrogens is 3. The van der Waals surface area contributed by atoms with Gasteiger partial charge in [0.1, 0.15) is 5.82 Å². The largest absolute Gasteiger partial charge is 0.338 e. The summed E-state index contributed by atoms with van der Waals surface area (Å²) in [5, 5.41) is 6.52. The van der Waals surface area contributed by atoms with Crippen molar-refractivity contribution in [2.45, 2.75) is 26.2 Å². The quantitative estimate of drug-likeness (QED) is 0.906. The number of carbonyl (C=O) groups excluding carboxylic acids is 1. The van der Waals surface area contributed by atoms with Crippen molar-refractivity contribution in [2.75, 3.05) is 25.0 Å². The molecule has 1 fully saturated rings. The summed E-state index contributed by atoms with van der Waals surface area (Å²) in [6.07, 6.45) is 7.07. The first-order valence-corrected chi connectivity index (χ1v) is 8.02. The normalized spacial score (nSPS) is 19.0. The van der Waals surface area contributed by atoms with Gasteiger partial charge in [-0.25, -0.2) is 4.98 Å². The third-order valence-electron chi connectivity index (χ3n) is 4.25. The number of nitrogens with zero attached hydrogens (tertiary/aromatic N) is 4. The molecule has 124 valence electrons. The second-order valence-corrected chi connectivity index (χ2v) is 6.28. The van der Waals surface area contributed by atoms with E-state index in [-0.39, 0.29) is 5.91 Å². The lowest BCUT2D eigenvalue weighted by atomic mass is 9.94. The van der Waals surface area contributed by atoms with Crippen LogP contribution in [0.25, 0.3) is 0 Å². The molecule has 2 aromatic rings. The smallest absolute Gasteiger partial charge is 0.240 e. The van der Waals surface area contributed by atoms with Gasteiger partial charge >= 0.3 is 0 Å². The molecule has 1 saturated heterocycles. The summed E-state index contributed by atoms with van der Waals surface area (Å²) in [6, 6.07) is 1.72. The van der Waals surface area contributed by atoms with Crippen molar-refractivity contribution in [3.63, 3.8) is 0 Å². The average molecular weight is 317 g/mol. The molecule has 1 N–H and O–H groups in total. The molecular weight excluding hydrogens is 294 g/mol. The number of likely N-dealkylation sites (tertiary alicyclic amines) is 1. The molecule has 7 nitrogen and oxygen atoms in total.